The molecule has 1 saturated heterocycles. The zero-order valence-corrected chi connectivity index (χ0v) is 21.5. The Labute approximate surface area is 228 Å². The number of morpholine rings is 1. The summed E-state index contributed by atoms with van der Waals surface area (Å²) in [6.07, 6.45) is 4.57. The summed E-state index contributed by atoms with van der Waals surface area (Å²) in [5.74, 6) is -1.63. The van der Waals surface area contributed by atoms with E-state index in [1.165, 1.54) is 17.0 Å². The lowest BCUT2D eigenvalue weighted by Crippen LogP contribution is -2.41. The largest absolute Gasteiger partial charge is 0.486 e. The van der Waals surface area contributed by atoms with Crippen LogP contribution in [-0.4, -0.2) is 60.7 Å². The van der Waals surface area contributed by atoms with E-state index in [1.54, 1.807) is 30.5 Å². The van der Waals surface area contributed by atoms with E-state index in [-0.39, 0.29) is 28.6 Å². The minimum absolute atomic E-state index is 0.0187. The minimum Gasteiger partial charge on any atom is -0.486 e. The molecule has 5 rings (SSSR count). The van der Waals surface area contributed by atoms with Gasteiger partial charge in [-0.1, -0.05) is 11.6 Å². The number of rotatable bonds is 6. The average molecular weight is 555 g/mol. The molecule has 1 unspecified atom stereocenters. The molecule has 11 heteroatoms. The molecular formula is C28H25ClF2N4O4. The van der Waals surface area contributed by atoms with Gasteiger partial charge in [0.1, 0.15) is 29.3 Å². The Morgan fingerprint density at radius 2 is 1.95 bits per heavy atom. The fourth-order valence-electron chi connectivity index (χ4n) is 4.49. The van der Waals surface area contributed by atoms with E-state index in [2.05, 4.69) is 10.3 Å². The Bertz CT molecular complexity index is 1440. The fourth-order valence-corrected chi connectivity index (χ4v) is 4.77. The topological polar surface area (TPSA) is 107 Å². The second kappa shape index (κ2) is 11.4. The van der Waals surface area contributed by atoms with Crippen molar-refractivity contribution in [3.63, 3.8) is 0 Å². The van der Waals surface area contributed by atoms with Crippen LogP contribution in [0.3, 0.4) is 0 Å². The second-order valence-corrected chi connectivity index (χ2v) is 9.61. The van der Waals surface area contributed by atoms with Gasteiger partial charge in [0.05, 0.1) is 30.3 Å². The van der Waals surface area contributed by atoms with E-state index in [9.17, 15) is 14.0 Å². The van der Waals surface area contributed by atoms with Crippen LogP contribution in [-0.2, 0) is 16.0 Å². The van der Waals surface area contributed by atoms with Crippen molar-refractivity contribution in [1.82, 2.24) is 15.2 Å². The lowest BCUT2D eigenvalue weighted by Gasteiger charge is -2.27. The van der Waals surface area contributed by atoms with Gasteiger partial charge in [-0.2, -0.15) is 0 Å². The van der Waals surface area contributed by atoms with E-state index in [4.69, 9.17) is 26.8 Å². The number of benzene rings is 2. The number of halogens is 3. The predicted molar refractivity (Wildman–Crippen MR) is 142 cm³/mol. The molecule has 3 N–H and O–H groups in total. The molecule has 0 bridgehead atoms. The SMILES string of the molecule is Nc1ccc(/C=C/C(=O)NCC2Cc3cc(-c4cc(F)c(C(=O)N5CCOCC5)cc4F)cc(Cl)c3O2)cn1. The van der Waals surface area contributed by atoms with Gasteiger partial charge < -0.3 is 25.4 Å². The molecule has 3 heterocycles. The summed E-state index contributed by atoms with van der Waals surface area (Å²) in [5, 5.41) is 3.01. The Morgan fingerprint density at radius 3 is 2.69 bits per heavy atom. The van der Waals surface area contributed by atoms with Crippen molar-refractivity contribution in [2.24, 2.45) is 0 Å². The molecule has 1 fully saturated rings. The molecule has 0 aliphatic carbocycles. The van der Waals surface area contributed by atoms with Gasteiger partial charge in [0.2, 0.25) is 5.91 Å². The predicted octanol–water partition coefficient (Wildman–Crippen LogP) is 3.87. The van der Waals surface area contributed by atoms with Crippen LogP contribution in [0.15, 0.2) is 48.7 Å². The average Bonchev–Trinajstić information content (AvgIpc) is 3.36. The van der Waals surface area contributed by atoms with Gasteiger partial charge in [0, 0.05) is 42.9 Å². The number of fused-ring (bicyclic) bond motifs is 1. The zero-order chi connectivity index (χ0) is 27.5. The number of hydrogen-bond acceptors (Lipinski definition) is 6. The number of carbonyl (C=O) groups excluding carboxylic acids is 2. The number of nitrogen functional groups attached to an aromatic ring is 1. The number of ether oxygens (including phenoxy) is 2. The Kier molecular flexibility index (Phi) is 7.76. The standard InChI is InChI=1S/C28H25ClF2N4O4/c29-22-11-17(20-12-24(31)21(13-23(20)30)28(37)35-5-7-38-8-6-35)9-18-10-19(39-27(18)22)15-34-26(36)4-2-16-1-3-25(32)33-14-16/h1-4,9,11-14,19H,5-8,10,15H2,(H2,32,33)(H,34,36)/b4-2+. The number of aromatic nitrogens is 1. The van der Waals surface area contributed by atoms with Crippen molar-refractivity contribution in [2.45, 2.75) is 12.5 Å². The number of hydrogen-bond donors (Lipinski definition) is 2. The van der Waals surface area contributed by atoms with Crippen LogP contribution in [0.2, 0.25) is 5.02 Å². The molecule has 2 aliphatic rings. The Hall–Kier alpha value is -4.02. The highest BCUT2D eigenvalue weighted by Gasteiger charge is 2.28. The summed E-state index contributed by atoms with van der Waals surface area (Å²) in [5.41, 5.74) is 6.99. The van der Waals surface area contributed by atoms with Crippen LogP contribution in [0.1, 0.15) is 21.5 Å². The molecule has 0 spiro atoms. The number of amides is 2. The van der Waals surface area contributed by atoms with Crippen molar-refractivity contribution in [3.05, 3.63) is 82.0 Å². The normalized spacial score (nSPS) is 16.7. The maximum absolute atomic E-state index is 15.1. The van der Waals surface area contributed by atoms with E-state index in [1.807, 2.05) is 0 Å². The molecule has 8 nitrogen and oxygen atoms in total. The molecule has 2 amide bonds. The molecule has 1 atom stereocenters. The maximum Gasteiger partial charge on any atom is 0.257 e. The molecule has 0 radical (unpaired) electrons. The molecular weight excluding hydrogens is 530 g/mol. The first-order chi connectivity index (χ1) is 18.8. The van der Waals surface area contributed by atoms with Crippen molar-refractivity contribution in [2.75, 3.05) is 38.6 Å². The number of pyridine rings is 1. The maximum atomic E-state index is 15.1. The quantitative estimate of drug-likeness (QED) is 0.448. The number of nitrogens with two attached hydrogens (primary N) is 1. The highest BCUT2D eigenvalue weighted by atomic mass is 35.5. The van der Waals surface area contributed by atoms with E-state index >= 15 is 4.39 Å². The van der Waals surface area contributed by atoms with Crippen molar-refractivity contribution in [1.29, 1.82) is 0 Å². The van der Waals surface area contributed by atoms with Gasteiger partial charge >= 0.3 is 0 Å². The van der Waals surface area contributed by atoms with Crippen molar-refractivity contribution < 1.29 is 27.8 Å². The minimum atomic E-state index is -0.820. The number of carbonyl (C=O) groups is 2. The molecule has 2 aromatic carbocycles. The van der Waals surface area contributed by atoms with Gasteiger partial charge in [-0.05, 0) is 53.6 Å². The van der Waals surface area contributed by atoms with E-state index < -0.39 is 23.6 Å². The van der Waals surface area contributed by atoms with Crippen LogP contribution in [0.5, 0.6) is 5.75 Å². The number of nitrogens with zero attached hydrogens (tertiary/aromatic N) is 2. The van der Waals surface area contributed by atoms with Crippen LogP contribution in [0.25, 0.3) is 17.2 Å². The summed E-state index contributed by atoms with van der Waals surface area (Å²) in [6.45, 7) is 1.56. The first-order valence-corrected chi connectivity index (χ1v) is 12.7. The number of anilines is 1. The molecule has 3 aromatic rings. The van der Waals surface area contributed by atoms with Crippen LogP contribution in [0.4, 0.5) is 14.6 Å². The summed E-state index contributed by atoms with van der Waals surface area (Å²) >= 11 is 6.43. The second-order valence-electron chi connectivity index (χ2n) is 9.20. The van der Waals surface area contributed by atoms with E-state index in [0.29, 0.717) is 55.4 Å². The smallest absolute Gasteiger partial charge is 0.257 e. The first-order valence-electron chi connectivity index (χ1n) is 12.3. The van der Waals surface area contributed by atoms with Gasteiger partial charge in [-0.3, -0.25) is 9.59 Å². The van der Waals surface area contributed by atoms with Crippen molar-refractivity contribution >= 4 is 35.3 Å². The summed E-state index contributed by atoms with van der Waals surface area (Å²) in [6, 6.07) is 8.49. The monoisotopic (exact) mass is 554 g/mol. The third-order valence-corrected chi connectivity index (χ3v) is 6.77. The summed E-state index contributed by atoms with van der Waals surface area (Å²) in [7, 11) is 0. The van der Waals surface area contributed by atoms with Crippen LogP contribution < -0.4 is 15.8 Å². The van der Waals surface area contributed by atoms with Crippen LogP contribution in [0, 0.1) is 11.6 Å². The fraction of sp³-hybridized carbons (Fsp3) is 0.250. The van der Waals surface area contributed by atoms with E-state index in [0.717, 1.165) is 17.7 Å². The Balaban J connectivity index is 1.26. The molecule has 39 heavy (non-hydrogen) atoms. The summed E-state index contributed by atoms with van der Waals surface area (Å²) < 4.78 is 41.2. The van der Waals surface area contributed by atoms with Gasteiger partial charge in [-0.15, -0.1) is 0 Å². The molecule has 202 valence electrons. The zero-order valence-electron chi connectivity index (χ0n) is 20.8. The van der Waals surface area contributed by atoms with Gasteiger partial charge in [0.15, 0.2) is 0 Å². The molecule has 2 aliphatic heterocycles. The number of nitrogens with one attached hydrogen (secondary N) is 1. The molecule has 0 saturated carbocycles. The lowest BCUT2D eigenvalue weighted by atomic mass is 9.98. The Morgan fingerprint density at radius 1 is 1.15 bits per heavy atom. The van der Waals surface area contributed by atoms with Crippen molar-refractivity contribution in [3.8, 4) is 16.9 Å². The first kappa shape index (κ1) is 26.6. The highest BCUT2D eigenvalue weighted by Crippen LogP contribution is 2.40. The third kappa shape index (κ3) is 6.02. The highest BCUT2D eigenvalue weighted by molar-refractivity contribution is 6.32. The van der Waals surface area contributed by atoms with Crippen LogP contribution >= 0.6 is 11.6 Å². The summed E-state index contributed by atoms with van der Waals surface area (Å²) in [4.78, 5) is 30.3. The molecule has 1 aromatic heterocycles. The van der Waals surface area contributed by atoms with Gasteiger partial charge in [0.25, 0.3) is 5.91 Å². The lowest BCUT2D eigenvalue weighted by molar-refractivity contribution is -0.116. The third-order valence-electron chi connectivity index (χ3n) is 6.49. The van der Waals surface area contributed by atoms with Gasteiger partial charge in [-0.25, -0.2) is 13.8 Å².